The van der Waals surface area contributed by atoms with Gasteiger partial charge in [0.25, 0.3) is 0 Å². The van der Waals surface area contributed by atoms with Crippen LogP contribution in [0.2, 0.25) is 0 Å². The molecule has 1 atom stereocenters. The third kappa shape index (κ3) is 4.00. The molecule has 0 spiro atoms. The first-order chi connectivity index (χ1) is 8.06. The largest absolute Gasteiger partial charge is 0.467 e. The van der Waals surface area contributed by atoms with E-state index in [1.165, 1.54) is 7.11 Å². The van der Waals surface area contributed by atoms with Crippen LogP contribution in [-0.4, -0.2) is 38.2 Å². The number of nitrogens with one attached hydrogen (secondary N) is 1. The van der Waals surface area contributed by atoms with Gasteiger partial charge in [0.2, 0.25) is 5.91 Å². The number of carbonyl (C=O) groups excluding carboxylic acids is 2. The van der Waals surface area contributed by atoms with Crippen LogP contribution in [0, 0.1) is 11.8 Å². The Balaban J connectivity index is 2.54. The van der Waals surface area contributed by atoms with Gasteiger partial charge in [-0.05, 0) is 18.8 Å². The average molecular weight is 243 g/mol. The van der Waals surface area contributed by atoms with Crippen LogP contribution in [0.3, 0.4) is 0 Å². The van der Waals surface area contributed by atoms with E-state index < -0.39 is 6.04 Å². The fourth-order valence-electron chi connectivity index (χ4n) is 1.86. The van der Waals surface area contributed by atoms with Crippen molar-refractivity contribution in [3.05, 3.63) is 0 Å². The zero-order chi connectivity index (χ0) is 12.8. The van der Waals surface area contributed by atoms with Crippen molar-refractivity contribution in [1.82, 2.24) is 5.32 Å². The molecule has 1 N–H and O–H groups in total. The molecule has 0 aromatic heterocycles. The molecule has 17 heavy (non-hydrogen) atoms. The van der Waals surface area contributed by atoms with E-state index in [1.54, 1.807) is 0 Å². The lowest BCUT2D eigenvalue weighted by atomic mass is 9.97. The summed E-state index contributed by atoms with van der Waals surface area (Å²) in [7, 11) is 1.33. The van der Waals surface area contributed by atoms with Gasteiger partial charge in [0.15, 0.2) is 0 Å². The molecule has 5 heteroatoms. The van der Waals surface area contributed by atoms with Crippen LogP contribution in [0.5, 0.6) is 0 Å². The molecule has 0 aromatic carbocycles. The lowest BCUT2D eigenvalue weighted by molar-refractivity contribution is -0.147. The smallest absolute Gasteiger partial charge is 0.328 e. The van der Waals surface area contributed by atoms with Gasteiger partial charge in [-0.2, -0.15) is 0 Å². The summed E-state index contributed by atoms with van der Waals surface area (Å²) in [6.07, 6.45) is 1.44. The minimum Gasteiger partial charge on any atom is -0.467 e. The Bertz CT molecular complexity index is 272. The maximum Gasteiger partial charge on any atom is 0.328 e. The number of rotatable bonds is 4. The van der Waals surface area contributed by atoms with Gasteiger partial charge in [0, 0.05) is 19.1 Å². The summed E-state index contributed by atoms with van der Waals surface area (Å²) in [5.74, 6) is -0.487. The van der Waals surface area contributed by atoms with Crippen LogP contribution in [0.15, 0.2) is 0 Å². The quantitative estimate of drug-likeness (QED) is 0.739. The van der Waals surface area contributed by atoms with Gasteiger partial charge in [0.05, 0.1) is 7.11 Å². The number of amides is 1. The predicted octanol–water partition coefficient (Wildman–Crippen LogP) is 0.727. The average Bonchev–Trinajstić information content (AvgIpc) is 2.35. The molecule has 5 nitrogen and oxygen atoms in total. The van der Waals surface area contributed by atoms with Gasteiger partial charge in [0.1, 0.15) is 6.04 Å². The van der Waals surface area contributed by atoms with Gasteiger partial charge in [-0.1, -0.05) is 13.8 Å². The van der Waals surface area contributed by atoms with Crippen molar-refractivity contribution >= 4 is 11.9 Å². The number of ether oxygens (including phenoxy) is 2. The second-order valence-corrected chi connectivity index (χ2v) is 4.64. The fourth-order valence-corrected chi connectivity index (χ4v) is 1.86. The molecule has 1 fully saturated rings. The van der Waals surface area contributed by atoms with E-state index in [0.29, 0.717) is 13.2 Å². The van der Waals surface area contributed by atoms with E-state index in [-0.39, 0.29) is 23.7 Å². The van der Waals surface area contributed by atoms with E-state index in [1.807, 2.05) is 13.8 Å². The zero-order valence-electron chi connectivity index (χ0n) is 10.7. The van der Waals surface area contributed by atoms with Crippen LogP contribution in [0.1, 0.15) is 26.7 Å². The first kappa shape index (κ1) is 14.0. The number of carbonyl (C=O) groups is 2. The summed E-state index contributed by atoms with van der Waals surface area (Å²) >= 11 is 0. The Morgan fingerprint density at radius 2 is 1.88 bits per heavy atom. The van der Waals surface area contributed by atoms with Crippen LogP contribution in [0.25, 0.3) is 0 Å². The molecule has 0 radical (unpaired) electrons. The van der Waals surface area contributed by atoms with E-state index in [0.717, 1.165) is 12.8 Å². The SMILES string of the molecule is COC(=O)C(NC(=O)C1CCOCC1)C(C)C. The van der Waals surface area contributed by atoms with Gasteiger partial charge < -0.3 is 14.8 Å². The summed E-state index contributed by atoms with van der Waals surface area (Å²) in [5, 5.41) is 2.77. The zero-order valence-corrected chi connectivity index (χ0v) is 10.7. The fraction of sp³-hybridized carbons (Fsp3) is 0.833. The van der Waals surface area contributed by atoms with Crippen molar-refractivity contribution in [3.63, 3.8) is 0 Å². The summed E-state index contributed by atoms with van der Waals surface area (Å²) in [6.45, 7) is 4.99. The second-order valence-electron chi connectivity index (χ2n) is 4.64. The molecule has 1 saturated heterocycles. The van der Waals surface area contributed by atoms with Crippen LogP contribution < -0.4 is 5.32 Å². The van der Waals surface area contributed by atoms with Crippen molar-refractivity contribution in [2.24, 2.45) is 11.8 Å². The third-order valence-electron chi connectivity index (χ3n) is 3.01. The number of hydrogen-bond acceptors (Lipinski definition) is 4. The minimum absolute atomic E-state index is 0.0197. The van der Waals surface area contributed by atoms with Crippen LogP contribution in [0.4, 0.5) is 0 Å². The molecule has 0 aliphatic carbocycles. The highest BCUT2D eigenvalue weighted by molar-refractivity contribution is 5.85. The minimum atomic E-state index is -0.560. The molecule has 0 aromatic rings. The Morgan fingerprint density at radius 3 is 2.35 bits per heavy atom. The first-order valence-corrected chi connectivity index (χ1v) is 6.02. The molecular formula is C12H21NO4. The normalized spacial score (nSPS) is 18.8. The number of methoxy groups -OCH3 is 1. The summed E-state index contributed by atoms with van der Waals surface area (Å²) in [6, 6.07) is -0.560. The molecule has 1 aliphatic rings. The molecule has 1 aliphatic heterocycles. The molecule has 1 unspecified atom stereocenters. The second kappa shape index (κ2) is 6.59. The van der Waals surface area contributed by atoms with Crippen LogP contribution in [-0.2, 0) is 19.1 Å². The maximum absolute atomic E-state index is 12.0. The van der Waals surface area contributed by atoms with Crippen molar-refractivity contribution in [2.45, 2.75) is 32.7 Å². The number of hydrogen-bond donors (Lipinski definition) is 1. The predicted molar refractivity (Wildman–Crippen MR) is 62.3 cm³/mol. The van der Waals surface area contributed by atoms with Gasteiger partial charge >= 0.3 is 5.97 Å². The third-order valence-corrected chi connectivity index (χ3v) is 3.01. The molecular weight excluding hydrogens is 222 g/mol. The topological polar surface area (TPSA) is 64.6 Å². The monoisotopic (exact) mass is 243 g/mol. The molecule has 0 saturated carbocycles. The van der Waals surface area contributed by atoms with Crippen molar-refractivity contribution in [3.8, 4) is 0 Å². The number of esters is 1. The molecule has 1 amide bonds. The molecule has 1 rings (SSSR count). The highest BCUT2D eigenvalue weighted by Gasteiger charge is 2.29. The summed E-state index contributed by atoms with van der Waals surface area (Å²) in [5.41, 5.74) is 0. The summed E-state index contributed by atoms with van der Waals surface area (Å²) in [4.78, 5) is 23.5. The highest BCUT2D eigenvalue weighted by atomic mass is 16.5. The van der Waals surface area contributed by atoms with Gasteiger partial charge in [-0.3, -0.25) is 4.79 Å². The van der Waals surface area contributed by atoms with Crippen molar-refractivity contribution in [2.75, 3.05) is 20.3 Å². The Labute approximate surface area is 102 Å². The van der Waals surface area contributed by atoms with Crippen molar-refractivity contribution < 1.29 is 19.1 Å². The standard InChI is InChI=1S/C12H21NO4/c1-8(2)10(12(15)16-3)13-11(14)9-4-6-17-7-5-9/h8-10H,4-7H2,1-3H3,(H,13,14). The molecule has 1 heterocycles. The van der Waals surface area contributed by atoms with Gasteiger partial charge in [-0.15, -0.1) is 0 Å². The first-order valence-electron chi connectivity index (χ1n) is 6.02. The van der Waals surface area contributed by atoms with E-state index >= 15 is 0 Å². The highest BCUT2D eigenvalue weighted by Crippen LogP contribution is 2.15. The van der Waals surface area contributed by atoms with E-state index in [2.05, 4.69) is 10.1 Å². The Kier molecular flexibility index (Phi) is 5.41. The van der Waals surface area contributed by atoms with E-state index in [4.69, 9.17) is 4.74 Å². The lowest BCUT2D eigenvalue weighted by Gasteiger charge is -2.25. The van der Waals surface area contributed by atoms with E-state index in [9.17, 15) is 9.59 Å². The molecule has 98 valence electrons. The molecule has 0 bridgehead atoms. The van der Waals surface area contributed by atoms with Crippen LogP contribution >= 0.6 is 0 Å². The van der Waals surface area contributed by atoms with Gasteiger partial charge in [-0.25, -0.2) is 4.79 Å². The Hall–Kier alpha value is -1.10. The Morgan fingerprint density at radius 1 is 1.29 bits per heavy atom. The summed E-state index contributed by atoms with van der Waals surface area (Å²) < 4.78 is 9.88. The maximum atomic E-state index is 12.0. The lowest BCUT2D eigenvalue weighted by Crippen LogP contribution is -2.48. The van der Waals surface area contributed by atoms with Crippen molar-refractivity contribution in [1.29, 1.82) is 0 Å².